The Morgan fingerprint density at radius 1 is 1.08 bits per heavy atom. The number of nitrogen functional groups attached to an aromatic ring is 1. The van der Waals surface area contributed by atoms with E-state index >= 15 is 0 Å². The average molecular weight is 224 g/mol. The number of hydrogen-bond donors (Lipinski definition) is 1. The molecule has 2 N–H and O–H groups in total. The van der Waals surface area contributed by atoms with Crippen LogP contribution in [0, 0.1) is 20.5 Å². The molecule has 0 unspecified atom stereocenters. The number of para-hydroxylation sites is 1. The van der Waals surface area contributed by atoms with Crippen molar-refractivity contribution < 1.29 is 0 Å². The molecule has 0 bridgehead atoms. The molecule has 0 fully saturated rings. The van der Waals surface area contributed by atoms with Gasteiger partial charge in [-0.25, -0.2) is 0 Å². The van der Waals surface area contributed by atoms with Crippen LogP contribution < -0.4 is 5.73 Å². The molecule has 1 aromatic rings. The third-order valence-corrected chi connectivity index (χ3v) is 1.27. The van der Waals surface area contributed by atoms with E-state index in [2.05, 4.69) is 0 Å². The van der Waals surface area contributed by atoms with Crippen LogP contribution in [0.5, 0.6) is 0 Å². The largest absolute Gasteiger partial charge is 0.399 e. The summed E-state index contributed by atoms with van der Waals surface area (Å²) in [6.07, 6.45) is 0. The molecular weight excluding hydrogens is 217 g/mol. The van der Waals surface area contributed by atoms with Crippen LogP contribution in [0.15, 0.2) is 30.3 Å². The molecule has 12 heavy (non-hydrogen) atoms. The maximum absolute atomic E-state index is 7.62. The van der Waals surface area contributed by atoms with Gasteiger partial charge < -0.3 is 5.73 Å². The maximum Gasteiger partial charge on any atom is 0.0313 e. The molecule has 0 saturated heterocycles. The molecule has 0 atom stereocenters. The van der Waals surface area contributed by atoms with Crippen LogP contribution in [0.1, 0.15) is 0 Å². The molecule has 3 nitrogen and oxygen atoms in total. The molecule has 0 saturated carbocycles. The Morgan fingerprint density at radius 2 is 1.58 bits per heavy atom. The molecule has 0 aromatic heterocycles. The number of hydrogen-bond acceptors (Lipinski definition) is 3. The fraction of sp³-hybridized carbons (Fsp3) is 0. The number of rotatable bonds is 0. The molecular formula is C8H7N3Se. The molecule has 0 aliphatic rings. The van der Waals surface area contributed by atoms with Gasteiger partial charge in [-0.3, -0.25) is 0 Å². The summed E-state index contributed by atoms with van der Waals surface area (Å²) in [4.78, 5) is 3.44. The minimum atomic E-state index is -0.431. The summed E-state index contributed by atoms with van der Waals surface area (Å²) >= 11 is -0.431. The van der Waals surface area contributed by atoms with Gasteiger partial charge in [-0.05, 0) is 12.1 Å². The smallest absolute Gasteiger partial charge is 0.0313 e. The van der Waals surface area contributed by atoms with Gasteiger partial charge in [0, 0.05) is 5.69 Å². The molecule has 0 heterocycles. The van der Waals surface area contributed by atoms with Gasteiger partial charge in [0.05, 0.1) is 0 Å². The Morgan fingerprint density at radius 3 is 1.75 bits per heavy atom. The molecule has 0 amide bonds. The quantitative estimate of drug-likeness (QED) is 0.526. The van der Waals surface area contributed by atoms with Crippen LogP contribution in [0.4, 0.5) is 5.69 Å². The summed E-state index contributed by atoms with van der Waals surface area (Å²) in [6, 6.07) is 9.49. The summed E-state index contributed by atoms with van der Waals surface area (Å²) in [5, 5.41) is 15.2. The van der Waals surface area contributed by atoms with E-state index in [0.29, 0.717) is 0 Å². The predicted octanol–water partition coefficient (Wildman–Crippen LogP) is 0.922. The van der Waals surface area contributed by atoms with E-state index in [1.165, 1.54) is 0 Å². The minimum Gasteiger partial charge on any atom is -0.399 e. The van der Waals surface area contributed by atoms with E-state index in [4.69, 9.17) is 16.3 Å². The topological polar surface area (TPSA) is 73.6 Å². The first kappa shape index (κ1) is 10.5. The van der Waals surface area contributed by atoms with Gasteiger partial charge in [0.25, 0.3) is 0 Å². The summed E-state index contributed by atoms with van der Waals surface area (Å²) in [5.41, 5.74) is 6.18. The predicted molar refractivity (Wildman–Crippen MR) is 47.8 cm³/mol. The summed E-state index contributed by atoms with van der Waals surface area (Å²) in [7, 11) is 0. The molecule has 1 rings (SSSR count). The van der Waals surface area contributed by atoms with Crippen molar-refractivity contribution in [1.29, 1.82) is 10.5 Å². The van der Waals surface area contributed by atoms with E-state index in [1.807, 2.05) is 30.3 Å². The number of benzene rings is 1. The fourth-order valence-electron chi connectivity index (χ4n) is 0.473. The standard InChI is InChI=1S/C6H7N.C2N2Se/c7-6-4-2-1-3-5-6;3-1-5-2-4/h1-5H,7H2;. The maximum atomic E-state index is 7.62. The Hall–Kier alpha value is -1.48. The zero-order valence-corrected chi connectivity index (χ0v) is 7.98. The molecule has 0 spiro atoms. The van der Waals surface area contributed by atoms with Crippen molar-refractivity contribution in [3.8, 4) is 9.94 Å². The Kier molecular flexibility index (Phi) is 6.68. The van der Waals surface area contributed by atoms with Crippen LogP contribution in [-0.4, -0.2) is 15.0 Å². The van der Waals surface area contributed by atoms with E-state index in [0.717, 1.165) is 5.69 Å². The summed E-state index contributed by atoms with van der Waals surface area (Å²) in [6.45, 7) is 0. The molecule has 1 aromatic carbocycles. The van der Waals surface area contributed by atoms with Crippen molar-refractivity contribution in [2.24, 2.45) is 0 Å². The van der Waals surface area contributed by atoms with Crippen LogP contribution in [0.3, 0.4) is 0 Å². The number of nitrogens with zero attached hydrogens (tertiary/aromatic N) is 2. The van der Waals surface area contributed by atoms with E-state index < -0.39 is 15.0 Å². The Bertz CT molecular complexity index is 271. The molecule has 0 aliphatic heterocycles. The van der Waals surface area contributed by atoms with Crippen molar-refractivity contribution in [3.05, 3.63) is 30.3 Å². The summed E-state index contributed by atoms with van der Waals surface area (Å²) in [5.74, 6) is 0. The number of anilines is 1. The van der Waals surface area contributed by atoms with E-state index in [1.54, 1.807) is 9.94 Å². The monoisotopic (exact) mass is 225 g/mol. The van der Waals surface area contributed by atoms with Crippen molar-refractivity contribution in [1.82, 2.24) is 0 Å². The normalized spacial score (nSPS) is 6.83. The first-order valence-corrected chi connectivity index (χ1v) is 4.77. The Labute approximate surface area is 77.6 Å². The second kappa shape index (κ2) is 7.62. The van der Waals surface area contributed by atoms with Crippen LogP contribution >= 0.6 is 0 Å². The molecule has 60 valence electrons. The zero-order chi connectivity index (χ0) is 9.23. The summed E-state index contributed by atoms with van der Waals surface area (Å²) < 4.78 is 0. The molecule has 0 aliphatic carbocycles. The fourth-order valence-corrected chi connectivity index (χ4v) is 0.559. The van der Waals surface area contributed by atoms with Crippen LogP contribution in [0.2, 0.25) is 0 Å². The van der Waals surface area contributed by atoms with Crippen LogP contribution in [-0.2, 0) is 0 Å². The number of nitriles is 2. The van der Waals surface area contributed by atoms with Crippen molar-refractivity contribution in [2.75, 3.05) is 5.73 Å². The van der Waals surface area contributed by atoms with E-state index in [-0.39, 0.29) is 0 Å². The average Bonchev–Trinajstić information content (AvgIpc) is 2.08. The first-order chi connectivity index (χ1) is 5.81. The second-order valence-electron chi connectivity index (χ2n) is 1.70. The third-order valence-electron chi connectivity index (χ3n) is 0.891. The number of nitrogens with two attached hydrogens (primary N) is 1. The minimum absolute atomic E-state index is 0.431. The van der Waals surface area contributed by atoms with Crippen LogP contribution in [0.25, 0.3) is 0 Å². The third kappa shape index (κ3) is 6.64. The van der Waals surface area contributed by atoms with Gasteiger partial charge in [-0.1, -0.05) is 18.2 Å². The van der Waals surface area contributed by atoms with Gasteiger partial charge in [-0.2, -0.15) is 0 Å². The van der Waals surface area contributed by atoms with Crippen molar-refractivity contribution in [3.63, 3.8) is 0 Å². The van der Waals surface area contributed by atoms with Gasteiger partial charge in [0.1, 0.15) is 0 Å². The van der Waals surface area contributed by atoms with Gasteiger partial charge in [0.15, 0.2) is 0 Å². The van der Waals surface area contributed by atoms with Gasteiger partial charge in [0.2, 0.25) is 0 Å². The SMILES string of the molecule is N#C[Se]C#N.Nc1ccccc1. The second-order valence-corrected chi connectivity index (χ2v) is 2.89. The Balaban J connectivity index is 0.000000217. The van der Waals surface area contributed by atoms with Gasteiger partial charge in [-0.15, -0.1) is 0 Å². The van der Waals surface area contributed by atoms with E-state index in [9.17, 15) is 0 Å². The van der Waals surface area contributed by atoms with Crippen molar-refractivity contribution in [2.45, 2.75) is 0 Å². The zero-order valence-electron chi connectivity index (χ0n) is 6.27. The first-order valence-electron chi connectivity index (χ1n) is 3.05. The molecule has 0 radical (unpaired) electrons. The molecule has 4 heteroatoms. The van der Waals surface area contributed by atoms with Crippen molar-refractivity contribution >= 4 is 20.6 Å². The van der Waals surface area contributed by atoms with Gasteiger partial charge >= 0.3 is 35.4 Å².